The first-order valence-corrected chi connectivity index (χ1v) is 9.12. The number of ketones is 1. The summed E-state index contributed by atoms with van der Waals surface area (Å²) >= 11 is 0. The number of cyclic esters (lactones) is 1. The highest BCUT2D eigenvalue weighted by Crippen LogP contribution is 2.11. The zero-order chi connectivity index (χ0) is 18.3. The summed E-state index contributed by atoms with van der Waals surface area (Å²) in [4.78, 5) is 37.4. The number of rotatable bonds is 14. The van der Waals surface area contributed by atoms with Gasteiger partial charge in [-0.05, 0) is 18.4 Å². The molecular formula is C17H28N4O4. The van der Waals surface area contributed by atoms with Gasteiger partial charge in [-0.15, -0.1) is 0 Å². The van der Waals surface area contributed by atoms with Crippen LogP contribution in [0.15, 0.2) is 5.11 Å². The zero-order valence-electron chi connectivity index (χ0n) is 14.7. The van der Waals surface area contributed by atoms with Gasteiger partial charge in [0.15, 0.2) is 0 Å². The predicted octanol–water partition coefficient (Wildman–Crippen LogP) is 3.20. The van der Waals surface area contributed by atoms with Crippen molar-refractivity contribution in [3.63, 3.8) is 0 Å². The lowest BCUT2D eigenvalue weighted by Crippen LogP contribution is -2.38. The van der Waals surface area contributed by atoms with E-state index in [0.29, 0.717) is 26.0 Å². The van der Waals surface area contributed by atoms with Crippen molar-refractivity contribution >= 4 is 17.7 Å². The summed E-state index contributed by atoms with van der Waals surface area (Å²) in [5, 5.41) is 6.04. The highest BCUT2D eigenvalue weighted by atomic mass is 16.5. The Hall–Kier alpha value is -2.08. The number of amides is 1. The standard InChI is InChI=1S/C17H28N4O4/c18-21-19-11-8-6-4-2-1-3-5-7-9-14(22)13-16(23)20-15-10-12-25-17(15)24/h15H,1-13H2,(H,20,23). The molecule has 0 bridgehead atoms. The van der Waals surface area contributed by atoms with Gasteiger partial charge in [-0.25, -0.2) is 4.79 Å². The van der Waals surface area contributed by atoms with E-state index in [-0.39, 0.29) is 12.2 Å². The van der Waals surface area contributed by atoms with Crippen molar-refractivity contribution in [3.8, 4) is 0 Å². The Labute approximate surface area is 148 Å². The van der Waals surface area contributed by atoms with E-state index in [1.54, 1.807) is 0 Å². The molecule has 1 rings (SSSR count). The Morgan fingerprint density at radius 1 is 1.12 bits per heavy atom. The van der Waals surface area contributed by atoms with Crippen LogP contribution in [0.3, 0.4) is 0 Å². The average molecular weight is 352 g/mol. The predicted molar refractivity (Wildman–Crippen MR) is 92.7 cm³/mol. The van der Waals surface area contributed by atoms with E-state index < -0.39 is 17.9 Å². The highest BCUT2D eigenvalue weighted by Gasteiger charge is 2.28. The molecule has 0 aromatic carbocycles. The Balaban J connectivity index is 1.92. The molecule has 1 fully saturated rings. The number of azide groups is 1. The van der Waals surface area contributed by atoms with Gasteiger partial charge in [-0.2, -0.15) is 0 Å². The molecule has 1 aliphatic heterocycles. The minimum atomic E-state index is -0.591. The maximum atomic E-state index is 11.8. The van der Waals surface area contributed by atoms with Gasteiger partial charge in [0, 0.05) is 24.3 Å². The molecule has 8 heteroatoms. The molecule has 8 nitrogen and oxygen atoms in total. The first-order chi connectivity index (χ1) is 12.1. The summed E-state index contributed by atoms with van der Waals surface area (Å²) in [6, 6.07) is -0.591. The van der Waals surface area contributed by atoms with Gasteiger partial charge in [0.25, 0.3) is 0 Å². The average Bonchev–Trinajstić information content (AvgIpc) is 2.97. The number of Topliss-reactive ketones (excluding diaryl/α,β-unsaturated/α-hetero) is 1. The van der Waals surface area contributed by atoms with Crippen molar-refractivity contribution < 1.29 is 19.1 Å². The van der Waals surface area contributed by atoms with E-state index in [4.69, 9.17) is 10.3 Å². The molecule has 1 aliphatic rings. The Morgan fingerprint density at radius 3 is 2.36 bits per heavy atom. The molecule has 1 N–H and O–H groups in total. The SMILES string of the molecule is [N-]=[N+]=NCCCCCCCCCCC(=O)CC(=O)NC1CCOC1=O. The molecule has 25 heavy (non-hydrogen) atoms. The first-order valence-electron chi connectivity index (χ1n) is 9.12. The smallest absolute Gasteiger partial charge is 0.328 e. The number of nitrogens with one attached hydrogen (secondary N) is 1. The minimum Gasteiger partial charge on any atom is -0.464 e. The number of hydrogen-bond donors (Lipinski definition) is 1. The van der Waals surface area contributed by atoms with E-state index in [9.17, 15) is 14.4 Å². The van der Waals surface area contributed by atoms with Crippen LogP contribution in [-0.4, -0.2) is 36.9 Å². The maximum absolute atomic E-state index is 11.8. The fourth-order valence-corrected chi connectivity index (χ4v) is 2.75. The molecule has 0 aromatic heterocycles. The summed E-state index contributed by atoms with van der Waals surface area (Å²) in [6.07, 6.45) is 9.07. The van der Waals surface area contributed by atoms with Crippen LogP contribution in [0, 0.1) is 0 Å². The van der Waals surface area contributed by atoms with E-state index in [1.165, 1.54) is 0 Å². The van der Waals surface area contributed by atoms with Gasteiger partial charge in [0.1, 0.15) is 11.8 Å². The molecule has 1 heterocycles. The van der Waals surface area contributed by atoms with Gasteiger partial charge < -0.3 is 10.1 Å². The van der Waals surface area contributed by atoms with Gasteiger partial charge in [0.05, 0.1) is 13.0 Å². The molecule has 1 atom stereocenters. The molecule has 1 amide bonds. The lowest BCUT2D eigenvalue weighted by Gasteiger charge is -2.08. The van der Waals surface area contributed by atoms with Crippen LogP contribution in [0.2, 0.25) is 0 Å². The Bertz CT molecular complexity index is 489. The highest BCUT2D eigenvalue weighted by molar-refractivity contribution is 5.99. The van der Waals surface area contributed by atoms with Crippen molar-refractivity contribution in [1.82, 2.24) is 5.32 Å². The number of carbonyl (C=O) groups is 3. The summed E-state index contributed by atoms with van der Waals surface area (Å²) in [5.41, 5.74) is 8.14. The molecule has 0 aliphatic carbocycles. The second-order valence-electron chi connectivity index (χ2n) is 6.32. The quantitative estimate of drug-likeness (QED) is 0.129. The second-order valence-corrected chi connectivity index (χ2v) is 6.32. The third-order valence-corrected chi connectivity index (χ3v) is 4.16. The van der Waals surface area contributed by atoms with Gasteiger partial charge in [0.2, 0.25) is 5.91 Å². The first kappa shape index (κ1) is 21.0. The largest absolute Gasteiger partial charge is 0.464 e. The number of unbranched alkanes of at least 4 members (excludes halogenated alkanes) is 7. The zero-order valence-corrected chi connectivity index (χ0v) is 14.7. The summed E-state index contributed by atoms with van der Waals surface area (Å²) in [6.45, 7) is 0.902. The lowest BCUT2D eigenvalue weighted by molar-refractivity contribution is -0.142. The van der Waals surface area contributed by atoms with Crippen LogP contribution in [0.1, 0.15) is 70.6 Å². The number of nitrogens with zero attached hydrogens (tertiary/aromatic N) is 3. The number of hydrogen-bond acceptors (Lipinski definition) is 5. The molecule has 0 spiro atoms. The summed E-state index contributed by atoms with van der Waals surface area (Å²) in [7, 11) is 0. The fourth-order valence-electron chi connectivity index (χ4n) is 2.75. The molecule has 0 saturated carbocycles. The van der Waals surface area contributed by atoms with Crippen LogP contribution in [-0.2, 0) is 19.1 Å². The van der Waals surface area contributed by atoms with Crippen molar-refractivity contribution in [2.75, 3.05) is 13.2 Å². The van der Waals surface area contributed by atoms with Crippen LogP contribution in [0.4, 0.5) is 0 Å². The van der Waals surface area contributed by atoms with Crippen molar-refractivity contribution in [2.24, 2.45) is 5.11 Å². The van der Waals surface area contributed by atoms with Gasteiger partial charge >= 0.3 is 5.97 Å². The van der Waals surface area contributed by atoms with Crippen LogP contribution < -0.4 is 5.32 Å². The molecule has 0 radical (unpaired) electrons. The Morgan fingerprint density at radius 2 is 1.76 bits per heavy atom. The van der Waals surface area contributed by atoms with Crippen LogP contribution in [0.5, 0.6) is 0 Å². The number of carbonyl (C=O) groups excluding carboxylic acids is 3. The van der Waals surface area contributed by atoms with Crippen molar-refractivity contribution in [1.29, 1.82) is 0 Å². The molecule has 1 unspecified atom stereocenters. The van der Waals surface area contributed by atoms with E-state index in [0.717, 1.165) is 51.4 Å². The number of ether oxygens (including phenoxy) is 1. The normalized spacial score (nSPS) is 16.2. The van der Waals surface area contributed by atoms with E-state index in [2.05, 4.69) is 15.3 Å². The topological polar surface area (TPSA) is 121 Å². The van der Waals surface area contributed by atoms with E-state index in [1.807, 2.05) is 0 Å². The fraction of sp³-hybridized carbons (Fsp3) is 0.824. The van der Waals surface area contributed by atoms with Crippen LogP contribution >= 0.6 is 0 Å². The number of esters is 1. The lowest BCUT2D eigenvalue weighted by atomic mass is 10.0. The van der Waals surface area contributed by atoms with Crippen molar-refractivity contribution in [2.45, 2.75) is 76.7 Å². The maximum Gasteiger partial charge on any atom is 0.328 e. The van der Waals surface area contributed by atoms with Crippen molar-refractivity contribution in [3.05, 3.63) is 10.4 Å². The summed E-state index contributed by atoms with van der Waals surface area (Å²) < 4.78 is 4.76. The van der Waals surface area contributed by atoms with Crippen LogP contribution in [0.25, 0.3) is 10.4 Å². The second kappa shape index (κ2) is 13.2. The third-order valence-electron chi connectivity index (χ3n) is 4.16. The Kier molecular flexibility index (Phi) is 11.1. The van der Waals surface area contributed by atoms with Gasteiger partial charge in [-0.1, -0.05) is 43.6 Å². The molecule has 140 valence electrons. The molecule has 0 aromatic rings. The third kappa shape index (κ3) is 10.4. The molecular weight excluding hydrogens is 324 g/mol. The van der Waals surface area contributed by atoms with E-state index >= 15 is 0 Å². The minimum absolute atomic E-state index is 0.0816. The monoisotopic (exact) mass is 352 g/mol. The van der Waals surface area contributed by atoms with Gasteiger partial charge in [-0.3, -0.25) is 9.59 Å². The summed E-state index contributed by atoms with van der Waals surface area (Å²) in [5.74, 6) is -0.893. The molecule has 1 saturated heterocycles.